The van der Waals surface area contributed by atoms with Crippen molar-refractivity contribution in [2.24, 2.45) is 0 Å². The van der Waals surface area contributed by atoms with E-state index < -0.39 is 0 Å². The number of fused-ring (bicyclic) bond motifs is 1. The zero-order valence-electron chi connectivity index (χ0n) is 24.1. The number of aromatic nitrogens is 3. The van der Waals surface area contributed by atoms with E-state index in [1.165, 1.54) is 11.8 Å². The van der Waals surface area contributed by atoms with Gasteiger partial charge in [0.25, 0.3) is 0 Å². The summed E-state index contributed by atoms with van der Waals surface area (Å²) in [6.45, 7) is 6.01. The Bertz CT molecular complexity index is 1780. The summed E-state index contributed by atoms with van der Waals surface area (Å²) in [6, 6.07) is 20.0. The predicted octanol–water partition coefficient (Wildman–Crippen LogP) is 5.72. The number of anilines is 4. The van der Waals surface area contributed by atoms with Gasteiger partial charge in [-0.15, -0.1) is 0 Å². The van der Waals surface area contributed by atoms with Gasteiger partial charge in [0.05, 0.1) is 18.7 Å². The number of hydrogen-bond acceptors (Lipinski definition) is 8. The molecule has 11 nitrogen and oxygen atoms in total. The number of carbonyl (C=O) groups excluding carboxylic acids is 2. The quantitative estimate of drug-likeness (QED) is 0.262. The van der Waals surface area contributed by atoms with Crippen molar-refractivity contribution >= 4 is 45.9 Å². The molecule has 3 aromatic heterocycles. The number of ether oxygens (including phenoxy) is 1. The van der Waals surface area contributed by atoms with Crippen LogP contribution in [-0.2, 0) is 9.53 Å². The summed E-state index contributed by atoms with van der Waals surface area (Å²) in [5.41, 5.74) is 5.04. The molecule has 2 N–H and O–H groups in total. The molecule has 11 heteroatoms. The highest BCUT2D eigenvalue weighted by Gasteiger charge is 2.20. The van der Waals surface area contributed by atoms with E-state index in [4.69, 9.17) is 24.1 Å². The normalized spacial score (nSPS) is 13.1. The number of pyridine rings is 1. The molecule has 0 saturated carbocycles. The summed E-state index contributed by atoms with van der Waals surface area (Å²) in [5.74, 6) is 2.71. The Hall–Kier alpha value is -5.29. The summed E-state index contributed by atoms with van der Waals surface area (Å²) < 4.78 is 11.4. The zero-order valence-corrected chi connectivity index (χ0v) is 24.1. The summed E-state index contributed by atoms with van der Waals surface area (Å²) in [6.07, 6.45) is 1.79. The van der Waals surface area contributed by atoms with Crippen molar-refractivity contribution in [2.45, 2.75) is 13.8 Å². The van der Waals surface area contributed by atoms with Crippen LogP contribution in [-0.4, -0.2) is 60.2 Å². The van der Waals surface area contributed by atoms with Crippen LogP contribution in [0.2, 0.25) is 0 Å². The van der Waals surface area contributed by atoms with E-state index in [9.17, 15) is 9.59 Å². The van der Waals surface area contributed by atoms with Crippen LogP contribution in [0.25, 0.3) is 33.7 Å². The second-order valence-electron chi connectivity index (χ2n) is 10.3. The van der Waals surface area contributed by atoms with E-state index in [0.717, 1.165) is 34.0 Å². The average Bonchev–Trinajstić information content (AvgIpc) is 3.47. The van der Waals surface area contributed by atoms with Crippen LogP contribution in [0.1, 0.15) is 12.7 Å². The maximum Gasteiger partial charge on any atom is 0.326 e. The van der Waals surface area contributed by atoms with Crippen molar-refractivity contribution in [1.29, 1.82) is 0 Å². The predicted molar refractivity (Wildman–Crippen MR) is 166 cm³/mol. The Morgan fingerprint density at radius 1 is 0.884 bits per heavy atom. The average molecular weight is 578 g/mol. The number of nitrogens with one attached hydrogen (secondary N) is 2. The van der Waals surface area contributed by atoms with Gasteiger partial charge in [-0.2, -0.15) is 0 Å². The minimum absolute atomic E-state index is 0.154. The summed E-state index contributed by atoms with van der Waals surface area (Å²) in [4.78, 5) is 42.4. The van der Waals surface area contributed by atoms with E-state index in [0.29, 0.717) is 54.7 Å². The van der Waals surface area contributed by atoms with Gasteiger partial charge in [0.15, 0.2) is 11.6 Å². The largest absolute Gasteiger partial charge is 0.461 e. The first kappa shape index (κ1) is 27.9. The van der Waals surface area contributed by atoms with Crippen molar-refractivity contribution in [1.82, 2.24) is 15.0 Å². The lowest BCUT2D eigenvalue weighted by atomic mass is 10.1. The molecule has 1 aliphatic rings. The number of benzene rings is 2. The number of furan rings is 1. The number of morpholine rings is 1. The number of nitrogens with zero attached hydrogens (tertiary/aromatic N) is 5. The summed E-state index contributed by atoms with van der Waals surface area (Å²) >= 11 is 0. The van der Waals surface area contributed by atoms with Crippen molar-refractivity contribution in [2.75, 3.05) is 53.8 Å². The first-order chi connectivity index (χ1) is 20.8. The highest BCUT2D eigenvalue weighted by molar-refractivity contribution is 6.01. The fourth-order valence-electron chi connectivity index (χ4n) is 4.85. The van der Waals surface area contributed by atoms with Crippen LogP contribution >= 0.6 is 0 Å². The molecule has 1 saturated heterocycles. The van der Waals surface area contributed by atoms with Crippen LogP contribution in [0.4, 0.5) is 27.7 Å². The second-order valence-corrected chi connectivity index (χ2v) is 10.3. The first-order valence-corrected chi connectivity index (χ1v) is 13.9. The van der Waals surface area contributed by atoms with E-state index in [1.54, 1.807) is 37.5 Å². The summed E-state index contributed by atoms with van der Waals surface area (Å²) in [7, 11) is 1.68. The molecule has 0 aliphatic carbocycles. The Kier molecular flexibility index (Phi) is 7.71. The van der Waals surface area contributed by atoms with Gasteiger partial charge in [-0.1, -0.05) is 0 Å². The molecule has 1 aliphatic heterocycles. The lowest BCUT2D eigenvalue weighted by Crippen LogP contribution is -2.37. The van der Waals surface area contributed by atoms with Gasteiger partial charge in [0.2, 0.25) is 5.91 Å². The van der Waals surface area contributed by atoms with Gasteiger partial charge >= 0.3 is 6.03 Å². The number of rotatable bonds is 6. The van der Waals surface area contributed by atoms with Crippen molar-refractivity contribution < 1.29 is 18.7 Å². The number of urea groups is 1. The SMILES string of the molecule is CC(=O)Nc1ccc(N(C)C(=O)Nc2ccc(-c3nc(N4CCOCC4)c4ncc(-c5ccc(C)o5)cc4n3)cc2)cc1. The Morgan fingerprint density at radius 3 is 2.26 bits per heavy atom. The Labute approximate surface area is 248 Å². The van der Waals surface area contributed by atoms with Crippen LogP contribution in [0.15, 0.2) is 77.3 Å². The van der Waals surface area contributed by atoms with Crippen LogP contribution in [0.3, 0.4) is 0 Å². The smallest absolute Gasteiger partial charge is 0.326 e. The molecule has 2 aromatic carbocycles. The lowest BCUT2D eigenvalue weighted by Gasteiger charge is -2.28. The topological polar surface area (TPSA) is 126 Å². The number of aryl methyl sites for hydroxylation is 1. The Balaban J connectivity index is 1.25. The van der Waals surface area contributed by atoms with E-state index in [2.05, 4.69) is 15.5 Å². The van der Waals surface area contributed by atoms with Crippen LogP contribution < -0.4 is 20.4 Å². The minimum Gasteiger partial charge on any atom is -0.461 e. The van der Waals surface area contributed by atoms with Crippen molar-refractivity contribution in [3.63, 3.8) is 0 Å². The molecule has 218 valence electrons. The molecule has 4 heterocycles. The van der Waals surface area contributed by atoms with E-state index in [-0.39, 0.29) is 11.9 Å². The molecule has 5 aromatic rings. The second kappa shape index (κ2) is 11.9. The van der Waals surface area contributed by atoms with Gasteiger partial charge in [0.1, 0.15) is 17.0 Å². The monoisotopic (exact) mass is 577 g/mol. The third-order valence-electron chi connectivity index (χ3n) is 7.13. The molecule has 43 heavy (non-hydrogen) atoms. The molecule has 0 unspecified atom stereocenters. The van der Waals surface area contributed by atoms with Crippen LogP contribution in [0.5, 0.6) is 0 Å². The molecular formula is C32H31N7O4. The van der Waals surface area contributed by atoms with Gasteiger partial charge in [-0.25, -0.2) is 19.7 Å². The molecule has 0 spiro atoms. The van der Waals surface area contributed by atoms with E-state index in [1.807, 2.05) is 49.4 Å². The minimum atomic E-state index is -0.302. The number of amides is 3. The molecule has 3 amide bonds. The number of hydrogen-bond donors (Lipinski definition) is 2. The third kappa shape index (κ3) is 6.16. The van der Waals surface area contributed by atoms with Gasteiger partial charge in [0, 0.05) is 61.4 Å². The third-order valence-corrected chi connectivity index (χ3v) is 7.13. The fourth-order valence-corrected chi connectivity index (χ4v) is 4.85. The van der Waals surface area contributed by atoms with Crippen molar-refractivity contribution in [3.05, 3.63) is 78.7 Å². The van der Waals surface area contributed by atoms with Gasteiger partial charge in [-0.05, 0) is 73.7 Å². The molecule has 6 rings (SSSR count). The summed E-state index contributed by atoms with van der Waals surface area (Å²) in [5, 5.41) is 5.64. The fraction of sp³-hybridized carbons (Fsp3) is 0.219. The van der Waals surface area contributed by atoms with Gasteiger partial charge in [-0.3, -0.25) is 9.69 Å². The van der Waals surface area contributed by atoms with Gasteiger partial charge < -0.3 is 24.7 Å². The maximum absolute atomic E-state index is 12.9. The van der Waals surface area contributed by atoms with Crippen LogP contribution in [0, 0.1) is 6.92 Å². The molecule has 0 radical (unpaired) electrons. The Morgan fingerprint density at radius 2 is 1.58 bits per heavy atom. The lowest BCUT2D eigenvalue weighted by molar-refractivity contribution is -0.114. The van der Waals surface area contributed by atoms with E-state index >= 15 is 0 Å². The van der Waals surface area contributed by atoms with Crippen molar-refractivity contribution in [3.8, 4) is 22.7 Å². The number of carbonyl (C=O) groups is 2. The molecule has 0 atom stereocenters. The molecule has 1 fully saturated rings. The molecular weight excluding hydrogens is 546 g/mol. The molecule has 0 bridgehead atoms. The highest BCUT2D eigenvalue weighted by atomic mass is 16.5. The highest BCUT2D eigenvalue weighted by Crippen LogP contribution is 2.31. The first-order valence-electron chi connectivity index (χ1n) is 13.9. The standard InChI is InChI=1S/C32H31N7O4/c1-20-4-13-28(43-20)23-18-27-29(33-19-23)31(39-14-16-42-17-15-39)37-30(36-27)22-5-7-25(8-6-22)35-32(41)38(3)26-11-9-24(10-12-26)34-21(2)40/h4-13,18-19H,14-17H2,1-3H3,(H,34,40)(H,35,41). The maximum atomic E-state index is 12.9. The zero-order chi connectivity index (χ0) is 29.9.